The SMILES string of the molecule is O=C(O)CC1CC2CCC(C1)N2C(=O)C1CC2CCC1N2. The van der Waals surface area contributed by atoms with Gasteiger partial charge in [0.25, 0.3) is 0 Å². The maximum atomic E-state index is 12.9. The minimum absolute atomic E-state index is 0.183. The summed E-state index contributed by atoms with van der Waals surface area (Å²) in [5.74, 6) is 0.109. The van der Waals surface area contributed by atoms with Crippen LogP contribution < -0.4 is 5.32 Å². The van der Waals surface area contributed by atoms with Gasteiger partial charge in [0.2, 0.25) is 5.91 Å². The second-order valence-corrected chi connectivity index (χ2v) is 7.46. The molecule has 0 aromatic carbocycles. The van der Waals surface area contributed by atoms with Gasteiger partial charge >= 0.3 is 5.97 Å². The molecule has 0 spiro atoms. The Morgan fingerprint density at radius 3 is 2.29 bits per heavy atom. The zero-order chi connectivity index (χ0) is 14.6. The smallest absolute Gasteiger partial charge is 0.303 e. The maximum absolute atomic E-state index is 12.9. The molecule has 116 valence electrons. The number of amides is 1. The molecule has 4 aliphatic heterocycles. The van der Waals surface area contributed by atoms with Crippen LogP contribution >= 0.6 is 0 Å². The highest BCUT2D eigenvalue weighted by Crippen LogP contribution is 2.43. The fourth-order valence-corrected chi connectivity index (χ4v) is 5.35. The average molecular weight is 292 g/mol. The molecule has 4 heterocycles. The van der Waals surface area contributed by atoms with E-state index in [1.807, 2.05) is 0 Å². The van der Waals surface area contributed by atoms with E-state index >= 15 is 0 Å². The summed E-state index contributed by atoms with van der Waals surface area (Å²) < 4.78 is 0. The Labute approximate surface area is 125 Å². The number of carboxylic acid groups (broad SMARTS) is 1. The van der Waals surface area contributed by atoms with E-state index in [4.69, 9.17) is 5.11 Å². The zero-order valence-corrected chi connectivity index (χ0v) is 12.3. The molecule has 5 atom stereocenters. The third kappa shape index (κ3) is 2.26. The van der Waals surface area contributed by atoms with Crippen LogP contribution in [-0.4, -0.2) is 46.1 Å². The third-order valence-corrected chi connectivity index (χ3v) is 6.17. The molecule has 4 rings (SSSR count). The molecule has 4 fully saturated rings. The van der Waals surface area contributed by atoms with Gasteiger partial charge in [-0.3, -0.25) is 9.59 Å². The van der Waals surface area contributed by atoms with Crippen molar-refractivity contribution in [1.29, 1.82) is 0 Å². The summed E-state index contributed by atoms with van der Waals surface area (Å²) in [7, 11) is 0. The van der Waals surface area contributed by atoms with Crippen molar-refractivity contribution in [3.8, 4) is 0 Å². The molecule has 4 saturated heterocycles. The van der Waals surface area contributed by atoms with Crippen LogP contribution in [0.2, 0.25) is 0 Å². The molecular formula is C16H24N2O3. The number of piperidine rings is 1. The molecule has 2 N–H and O–H groups in total. The lowest BCUT2D eigenvalue weighted by Crippen LogP contribution is -2.51. The van der Waals surface area contributed by atoms with E-state index in [0.717, 1.165) is 38.5 Å². The number of fused-ring (bicyclic) bond motifs is 4. The van der Waals surface area contributed by atoms with Gasteiger partial charge in [-0.25, -0.2) is 0 Å². The van der Waals surface area contributed by atoms with Gasteiger partial charge in [0.05, 0.1) is 5.92 Å². The molecule has 0 aliphatic carbocycles. The molecule has 21 heavy (non-hydrogen) atoms. The fraction of sp³-hybridized carbons (Fsp3) is 0.875. The first-order chi connectivity index (χ1) is 10.1. The second kappa shape index (κ2) is 4.97. The van der Waals surface area contributed by atoms with Gasteiger partial charge in [0, 0.05) is 30.6 Å². The molecule has 0 aromatic heterocycles. The third-order valence-electron chi connectivity index (χ3n) is 6.17. The molecule has 5 unspecified atom stereocenters. The number of hydrogen-bond acceptors (Lipinski definition) is 3. The summed E-state index contributed by atoms with van der Waals surface area (Å²) >= 11 is 0. The lowest BCUT2D eigenvalue weighted by Gasteiger charge is -2.41. The number of hydrogen-bond donors (Lipinski definition) is 2. The number of carboxylic acids is 1. The largest absolute Gasteiger partial charge is 0.481 e. The van der Waals surface area contributed by atoms with Crippen molar-refractivity contribution >= 4 is 11.9 Å². The van der Waals surface area contributed by atoms with E-state index in [1.54, 1.807) is 0 Å². The second-order valence-electron chi connectivity index (χ2n) is 7.46. The summed E-state index contributed by atoms with van der Waals surface area (Å²) in [6.45, 7) is 0. The molecule has 0 aromatic rings. The highest BCUT2D eigenvalue weighted by molar-refractivity contribution is 5.81. The number of aliphatic carboxylic acids is 1. The number of rotatable bonds is 3. The van der Waals surface area contributed by atoms with Crippen molar-refractivity contribution in [2.45, 2.75) is 75.5 Å². The summed E-state index contributed by atoms with van der Waals surface area (Å²) in [4.78, 5) is 26.0. The van der Waals surface area contributed by atoms with Gasteiger partial charge in [0.15, 0.2) is 0 Å². The molecule has 0 radical (unpaired) electrons. The van der Waals surface area contributed by atoms with Crippen LogP contribution in [0.25, 0.3) is 0 Å². The number of carbonyl (C=O) groups excluding carboxylic acids is 1. The molecule has 4 bridgehead atoms. The summed E-state index contributed by atoms with van der Waals surface area (Å²) in [6.07, 6.45) is 7.57. The Bertz CT molecular complexity index is 452. The number of carbonyl (C=O) groups is 2. The van der Waals surface area contributed by atoms with Crippen LogP contribution in [0.4, 0.5) is 0 Å². The van der Waals surface area contributed by atoms with E-state index in [9.17, 15) is 9.59 Å². The Kier molecular flexibility index (Phi) is 3.21. The topological polar surface area (TPSA) is 69.6 Å². The van der Waals surface area contributed by atoms with Gasteiger partial charge in [-0.05, 0) is 50.9 Å². The average Bonchev–Trinajstić information content (AvgIpc) is 3.11. The molecule has 5 nitrogen and oxygen atoms in total. The Hall–Kier alpha value is -1.10. The van der Waals surface area contributed by atoms with Crippen LogP contribution in [0.1, 0.15) is 51.4 Å². The Morgan fingerprint density at radius 2 is 1.76 bits per heavy atom. The normalized spacial score (nSPS) is 44.3. The Balaban J connectivity index is 1.45. The summed E-state index contributed by atoms with van der Waals surface area (Å²) in [6, 6.07) is 1.57. The number of nitrogens with zero attached hydrogens (tertiary/aromatic N) is 1. The first-order valence-electron chi connectivity index (χ1n) is 8.42. The van der Waals surface area contributed by atoms with Crippen LogP contribution in [0.15, 0.2) is 0 Å². The molecular weight excluding hydrogens is 268 g/mol. The zero-order valence-electron chi connectivity index (χ0n) is 12.3. The Morgan fingerprint density at radius 1 is 1.05 bits per heavy atom. The first kappa shape index (κ1) is 13.6. The van der Waals surface area contributed by atoms with Crippen molar-refractivity contribution in [1.82, 2.24) is 10.2 Å². The molecule has 1 amide bonds. The van der Waals surface area contributed by atoms with Crippen LogP contribution in [0.5, 0.6) is 0 Å². The summed E-state index contributed by atoms with van der Waals surface area (Å²) in [5.41, 5.74) is 0. The maximum Gasteiger partial charge on any atom is 0.303 e. The quantitative estimate of drug-likeness (QED) is 0.824. The minimum Gasteiger partial charge on any atom is -0.481 e. The highest BCUT2D eigenvalue weighted by Gasteiger charge is 2.50. The van der Waals surface area contributed by atoms with Crippen molar-refractivity contribution < 1.29 is 14.7 Å². The number of nitrogens with one attached hydrogen (secondary N) is 1. The van der Waals surface area contributed by atoms with Crippen molar-refractivity contribution in [2.24, 2.45) is 11.8 Å². The molecule has 5 heteroatoms. The minimum atomic E-state index is -0.698. The van der Waals surface area contributed by atoms with Crippen molar-refractivity contribution in [2.75, 3.05) is 0 Å². The van der Waals surface area contributed by atoms with Crippen molar-refractivity contribution in [3.05, 3.63) is 0 Å². The first-order valence-corrected chi connectivity index (χ1v) is 8.42. The predicted octanol–water partition coefficient (Wildman–Crippen LogP) is 1.37. The van der Waals surface area contributed by atoms with Crippen LogP contribution in [-0.2, 0) is 9.59 Å². The van der Waals surface area contributed by atoms with E-state index in [-0.39, 0.29) is 18.3 Å². The standard InChI is InChI=1S/C16H24N2O3/c19-15(20)7-9-5-11-2-3-12(6-9)18(11)16(21)13-8-10-1-4-14(13)17-10/h9-14,17H,1-8H2,(H,19,20). The molecule has 4 aliphatic rings. The van der Waals surface area contributed by atoms with Crippen molar-refractivity contribution in [3.63, 3.8) is 0 Å². The lowest BCUT2D eigenvalue weighted by molar-refractivity contribution is -0.142. The van der Waals surface area contributed by atoms with Gasteiger partial charge in [-0.2, -0.15) is 0 Å². The van der Waals surface area contributed by atoms with Crippen LogP contribution in [0, 0.1) is 11.8 Å². The van der Waals surface area contributed by atoms with E-state index in [2.05, 4.69) is 10.2 Å². The van der Waals surface area contributed by atoms with Gasteiger partial charge < -0.3 is 15.3 Å². The lowest BCUT2D eigenvalue weighted by atomic mass is 9.84. The summed E-state index contributed by atoms with van der Waals surface area (Å²) in [5, 5.41) is 12.5. The van der Waals surface area contributed by atoms with Gasteiger partial charge in [-0.1, -0.05) is 0 Å². The molecule has 0 saturated carbocycles. The fourth-order valence-electron chi connectivity index (χ4n) is 5.35. The van der Waals surface area contributed by atoms with Gasteiger partial charge in [-0.15, -0.1) is 0 Å². The van der Waals surface area contributed by atoms with E-state index in [0.29, 0.717) is 30.1 Å². The van der Waals surface area contributed by atoms with Gasteiger partial charge in [0.1, 0.15) is 0 Å². The van der Waals surface area contributed by atoms with E-state index < -0.39 is 5.97 Å². The van der Waals surface area contributed by atoms with Crippen LogP contribution in [0.3, 0.4) is 0 Å². The predicted molar refractivity (Wildman–Crippen MR) is 76.7 cm³/mol. The monoisotopic (exact) mass is 292 g/mol. The van der Waals surface area contributed by atoms with E-state index in [1.165, 1.54) is 6.42 Å². The highest BCUT2D eigenvalue weighted by atomic mass is 16.4.